The van der Waals surface area contributed by atoms with Gasteiger partial charge in [-0.25, -0.2) is 0 Å². The number of amides is 1. The molecule has 0 unspecified atom stereocenters. The molecule has 3 rings (SSSR count). The van der Waals surface area contributed by atoms with Crippen molar-refractivity contribution in [1.29, 1.82) is 0 Å². The Labute approximate surface area is 153 Å². The zero-order valence-corrected chi connectivity index (χ0v) is 15.0. The molecule has 0 saturated carbocycles. The minimum absolute atomic E-state index is 0.157. The van der Waals surface area contributed by atoms with Gasteiger partial charge in [0.1, 0.15) is 17.9 Å². The minimum Gasteiger partial charge on any atom is -0.483 e. The van der Waals surface area contributed by atoms with Crippen LogP contribution >= 0.6 is 23.4 Å². The molecule has 25 heavy (non-hydrogen) atoms. The number of hydrogen-bond acceptors (Lipinski definition) is 6. The van der Waals surface area contributed by atoms with Gasteiger partial charge in [-0.1, -0.05) is 23.4 Å². The Balaban J connectivity index is 1.80. The van der Waals surface area contributed by atoms with Gasteiger partial charge < -0.3 is 15.0 Å². The molecule has 0 fully saturated rings. The Morgan fingerprint density at radius 2 is 2.20 bits per heavy atom. The first-order chi connectivity index (χ1) is 12.1. The Morgan fingerprint density at radius 3 is 2.96 bits per heavy atom. The number of ether oxygens (including phenoxy) is 1. The molecule has 1 amide bonds. The molecule has 0 atom stereocenters. The van der Waals surface area contributed by atoms with Gasteiger partial charge in [0.2, 0.25) is 5.91 Å². The highest BCUT2D eigenvalue weighted by Gasteiger charge is 2.14. The lowest BCUT2D eigenvalue weighted by Gasteiger charge is -2.10. The molecule has 2 heterocycles. The van der Waals surface area contributed by atoms with Gasteiger partial charge in [-0.2, -0.15) is 0 Å². The summed E-state index contributed by atoms with van der Waals surface area (Å²) in [6, 6.07) is 7.28. The normalized spacial score (nSPS) is 11.0. The first kappa shape index (κ1) is 17.5. The summed E-state index contributed by atoms with van der Waals surface area (Å²) in [5, 5.41) is 10.3. The number of thioether (sulfide) groups is 1. The molecule has 0 aliphatic carbocycles. The number of halogens is 1. The number of hydrogen-bond donors (Lipinski definition) is 1. The zero-order chi connectivity index (χ0) is 17.8. The summed E-state index contributed by atoms with van der Waals surface area (Å²) < 4.78 is 7.78. The number of rotatable bonds is 7. The van der Waals surface area contributed by atoms with Crippen molar-refractivity contribution < 1.29 is 9.53 Å². The van der Waals surface area contributed by atoms with E-state index in [2.05, 4.69) is 15.2 Å². The lowest BCUT2D eigenvalue weighted by Crippen LogP contribution is -2.14. The van der Waals surface area contributed by atoms with Gasteiger partial charge in [-0.05, 0) is 31.2 Å². The molecule has 2 aromatic heterocycles. The number of carbonyl (C=O) groups is 1. The van der Waals surface area contributed by atoms with Crippen LogP contribution in [0.4, 0.5) is 0 Å². The van der Waals surface area contributed by atoms with Crippen molar-refractivity contribution in [1.82, 2.24) is 19.7 Å². The zero-order valence-electron chi connectivity index (χ0n) is 13.5. The minimum atomic E-state index is -0.396. The van der Waals surface area contributed by atoms with E-state index in [1.807, 2.05) is 23.6 Å². The fourth-order valence-corrected chi connectivity index (χ4v) is 3.33. The number of aromatic nitrogens is 4. The topological polar surface area (TPSA) is 95.9 Å². The average molecular weight is 378 g/mol. The molecule has 0 aliphatic rings. The van der Waals surface area contributed by atoms with Crippen LogP contribution in [-0.4, -0.2) is 31.4 Å². The molecule has 2 N–H and O–H groups in total. The number of carbonyl (C=O) groups excluding carboxylic acids is 1. The number of benzene rings is 1. The van der Waals surface area contributed by atoms with Crippen molar-refractivity contribution in [2.24, 2.45) is 5.73 Å². The molecular weight excluding hydrogens is 362 g/mol. The third kappa shape index (κ3) is 3.85. The standard InChI is InChI=1S/C16H16ClN5O2S/c1-2-22-14(20-21-16(22)25-9-13(18)23)8-24-12-6-5-11(17)10-4-3-7-19-15(10)12/h3-7H,2,8-9H2,1H3,(H2,18,23). The van der Waals surface area contributed by atoms with Crippen LogP contribution in [0.5, 0.6) is 5.75 Å². The number of nitrogens with zero attached hydrogens (tertiary/aromatic N) is 4. The van der Waals surface area contributed by atoms with Gasteiger partial charge in [0.15, 0.2) is 11.0 Å². The lowest BCUT2D eigenvalue weighted by molar-refractivity contribution is -0.115. The maximum Gasteiger partial charge on any atom is 0.227 e. The predicted molar refractivity (Wildman–Crippen MR) is 96.7 cm³/mol. The van der Waals surface area contributed by atoms with Crippen LogP contribution in [0, 0.1) is 0 Å². The van der Waals surface area contributed by atoms with E-state index in [9.17, 15) is 4.79 Å². The van der Waals surface area contributed by atoms with Crippen LogP contribution < -0.4 is 10.5 Å². The first-order valence-corrected chi connectivity index (χ1v) is 8.95. The van der Waals surface area contributed by atoms with Crippen molar-refractivity contribution in [3.8, 4) is 5.75 Å². The van der Waals surface area contributed by atoms with Crippen LogP contribution in [0.15, 0.2) is 35.6 Å². The predicted octanol–water partition coefficient (Wildman–Crippen LogP) is 2.66. The molecule has 7 nitrogen and oxygen atoms in total. The molecule has 9 heteroatoms. The summed E-state index contributed by atoms with van der Waals surface area (Å²) in [5.74, 6) is 1.04. The van der Waals surface area contributed by atoms with E-state index in [1.54, 1.807) is 18.3 Å². The second-order valence-electron chi connectivity index (χ2n) is 5.13. The summed E-state index contributed by atoms with van der Waals surface area (Å²) in [6.45, 7) is 2.86. The molecular formula is C16H16ClN5O2S. The van der Waals surface area contributed by atoms with E-state index in [1.165, 1.54) is 11.8 Å². The highest BCUT2D eigenvalue weighted by molar-refractivity contribution is 7.99. The second kappa shape index (κ2) is 7.71. The van der Waals surface area contributed by atoms with Gasteiger partial charge >= 0.3 is 0 Å². The number of fused-ring (bicyclic) bond motifs is 1. The summed E-state index contributed by atoms with van der Waals surface area (Å²) in [6.07, 6.45) is 1.69. The van der Waals surface area contributed by atoms with Gasteiger partial charge in [0.05, 0.1) is 10.8 Å². The molecule has 130 valence electrons. The van der Waals surface area contributed by atoms with Crippen molar-refractivity contribution >= 4 is 40.2 Å². The van der Waals surface area contributed by atoms with Crippen LogP contribution in [0.1, 0.15) is 12.7 Å². The van der Waals surface area contributed by atoms with Crippen LogP contribution in [0.2, 0.25) is 5.02 Å². The van der Waals surface area contributed by atoms with E-state index >= 15 is 0 Å². The van der Waals surface area contributed by atoms with Gasteiger partial charge in [0.25, 0.3) is 0 Å². The maximum absolute atomic E-state index is 10.9. The summed E-state index contributed by atoms with van der Waals surface area (Å²) in [7, 11) is 0. The molecule has 0 bridgehead atoms. The Morgan fingerprint density at radius 1 is 1.36 bits per heavy atom. The monoisotopic (exact) mass is 377 g/mol. The summed E-state index contributed by atoms with van der Waals surface area (Å²) in [5.41, 5.74) is 5.87. The van der Waals surface area contributed by atoms with E-state index in [-0.39, 0.29) is 12.4 Å². The largest absolute Gasteiger partial charge is 0.483 e. The van der Waals surface area contributed by atoms with Crippen molar-refractivity contribution in [2.75, 3.05) is 5.75 Å². The molecule has 0 radical (unpaired) electrons. The third-order valence-electron chi connectivity index (χ3n) is 3.49. The van der Waals surface area contributed by atoms with Gasteiger partial charge in [-0.3, -0.25) is 9.78 Å². The maximum atomic E-state index is 10.9. The SMILES string of the molecule is CCn1c(COc2ccc(Cl)c3cccnc23)nnc1SCC(N)=O. The van der Waals surface area contributed by atoms with Gasteiger partial charge in [-0.15, -0.1) is 10.2 Å². The third-order valence-corrected chi connectivity index (χ3v) is 4.81. The van der Waals surface area contributed by atoms with E-state index < -0.39 is 5.91 Å². The Hall–Kier alpha value is -2.32. The van der Waals surface area contributed by atoms with Crippen LogP contribution in [0.3, 0.4) is 0 Å². The smallest absolute Gasteiger partial charge is 0.227 e. The first-order valence-electron chi connectivity index (χ1n) is 7.59. The highest BCUT2D eigenvalue weighted by Crippen LogP contribution is 2.30. The summed E-state index contributed by atoms with van der Waals surface area (Å²) >= 11 is 7.45. The Bertz CT molecular complexity index is 915. The lowest BCUT2D eigenvalue weighted by atomic mass is 10.2. The van der Waals surface area contributed by atoms with Crippen molar-refractivity contribution in [3.05, 3.63) is 41.3 Å². The molecule has 1 aromatic carbocycles. The van der Waals surface area contributed by atoms with Crippen molar-refractivity contribution in [3.63, 3.8) is 0 Å². The van der Waals surface area contributed by atoms with E-state index in [4.69, 9.17) is 22.1 Å². The van der Waals surface area contributed by atoms with Crippen LogP contribution in [0.25, 0.3) is 10.9 Å². The average Bonchev–Trinajstić information content (AvgIpc) is 3.01. The Kier molecular flexibility index (Phi) is 5.40. The van der Waals surface area contributed by atoms with Crippen LogP contribution in [-0.2, 0) is 17.9 Å². The van der Waals surface area contributed by atoms with Gasteiger partial charge in [0, 0.05) is 18.1 Å². The number of primary amides is 1. The fraction of sp³-hybridized carbons (Fsp3) is 0.250. The fourth-order valence-electron chi connectivity index (χ4n) is 2.36. The van der Waals surface area contributed by atoms with E-state index in [0.717, 1.165) is 5.39 Å². The molecule has 0 spiro atoms. The van der Waals surface area contributed by atoms with E-state index in [0.29, 0.717) is 33.8 Å². The summed E-state index contributed by atoms with van der Waals surface area (Å²) in [4.78, 5) is 15.3. The highest BCUT2D eigenvalue weighted by atomic mass is 35.5. The molecule has 0 aliphatic heterocycles. The van der Waals surface area contributed by atoms with Crippen molar-refractivity contribution in [2.45, 2.75) is 25.2 Å². The quantitative estimate of drug-likeness (QED) is 0.636. The second-order valence-corrected chi connectivity index (χ2v) is 6.48. The molecule has 0 saturated heterocycles. The number of pyridine rings is 1. The molecule has 3 aromatic rings. The number of nitrogens with two attached hydrogens (primary N) is 1.